The normalized spacial score (nSPS) is 10.0. The zero-order valence-corrected chi connectivity index (χ0v) is 5.09. The van der Waals surface area contributed by atoms with Crippen molar-refractivity contribution in [2.75, 3.05) is 0 Å². The molecule has 0 fully saturated rings. The molecule has 0 saturated carbocycles. The van der Waals surface area contributed by atoms with Gasteiger partial charge in [0.2, 0.25) is 0 Å². The van der Waals surface area contributed by atoms with Crippen molar-refractivity contribution >= 4 is 24.3 Å². The predicted molar refractivity (Wildman–Crippen MR) is 20.1 cm³/mol. The maximum atomic E-state index is 9.75. The van der Waals surface area contributed by atoms with E-state index in [9.17, 15) is 17.3 Å². The van der Waals surface area contributed by atoms with Crippen LogP contribution in [0, 0.1) is 0 Å². The van der Waals surface area contributed by atoms with E-state index in [-0.39, 0.29) is 17.1 Å². The monoisotopic (exact) mass is 170 g/mol. The molecule has 6 heteroatoms. The third-order valence-electron chi connectivity index (χ3n) is 0. The van der Waals surface area contributed by atoms with Gasteiger partial charge in [0.05, 0.1) is 0 Å². The van der Waals surface area contributed by atoms with E-state index in [1.54, 1.807) is 0 Å². The summed E-state index contributed by atoms with van der Waals surface area (Å²) in [7, 11) is -6.00. The zero-order chi connectivity index (χ0) is 4.50. The fourth-order valence-electron chi connectivity index (χ4n) is 0. The Morgan fingerprint density at radius 2 is 0.833 bits per heavy atom. The minimum absolute atomic E-state index is 0. The second-order valence-electron chi connectivity index (χ2n) is 0.495. The molecular formula is H3BF4Se. The van der Waals surface area contributed by atoms with Crippen LogP contribution in [-0.4, -0.2) is 24.3 Å². The van der Waals surface area contributed by atoms with Crippen LogP contribution in [0.5, 0.6) is 0 Å². The third-order valence-corrected chi connectivity index (χ3v) is 0. The van der Waals surface area contributed by atoms with E-state index >= 15 is 0 Å². The van der Waals surface area contributed by atoms with E-state index < -0.39 is 7.25 Å². The second kappa shape index (κ2) is 2.47. The van der Waals surface area contributed by atoms with Crippen molar-refractivity contribution in [3.63, 3.8) is 0 Å². The molecular weight excluding hydrogens is 166 g/mol. The Labute approximate surface area is 42.5 Å². The number of halogens is 4. The van der Waals surface area contributed by atoms with Crippen LogP contribution in [-0.2, 0) is 0 Å². The maximum absolute atomic E-state index is 9.75. The molecule has 0 unspecified atom stereocenters. The van der Waals surface area contributed by atoms with Crippen LogP contribution in [0.1, 0.15) is 0 Å². The van der Waals surface area contributed by atoms with Crippen LogP contribution >= 0.6 is 0 Å². The molecule has 0 spiro atoms. The molecule has 0 bridgehead atoms. The van der Waals surface area contributed by atoms with E-state index in [0.717, 1.165) is 0 Å². The van der Waals surface area contributed by atoms with Gasteiger partial charge < -0.3 is 17.3 Å². The molecule has 0 amide bonds. The Morgan fingerprint density at radius 1 is 0.833 bits per heavy atom. The van der Waals surface area contributed by atoms with Crippen molar-refractivity contribution < 1.29 is 17.3 Å². The van der Waals surface area contributed by atoms with Crippen molar-refractivity contribution in [1.29, 1.82) is 0 Å². The van der Waals surface area contributed by atoms with Crippen molar-refractivity contribution in [2.24, 2.45) is 0 Å². The quantitative estimate of drug-likeness (QED) is 0.356. The summed E-state index contributed by atoms with van der Waals surface area (Å²) in [6.45, 7) is 0. The van der Waals surface area contributed by atoms with Crippen molar-refractivity contribution in [2.45, 2.75) is 0 Å². The molecule has 0 aromatic heterocycles. The van der Waals surface area contributed by atoms with Gasteiger partial charge in [-0.3, -0.25) is 0 Å². The second-order valence-corrected chi connectivity index (χ2v) is 0.495. The van der Waals surface area contributed by atoms with Gasteiger partial charge in [0.25, 0.3) is 0 Å². The van der Waals surface area contributed by atoms with Gasteiger partial charge in [-0.05, 0) is 0 Å². The van der Waals surface area contributed by atoms with Gasteiger partial charge in [0.1, 0.15) is 0 Å². The molecule has 0 aliphatic heterocycles. The molecule has 0 saturated heterocycles. The predicted octanol–water partition coefficient (Wildman–Crippen LogP) is 0.116. The molecule has 0 aliphatic carbocycles. The molecule has 0 aliphatic rings. The molecule has 0 nitrogen and oxygen atoms in total. The van der Waals surface area contributed by atoms with Gasteiger partial charge in [-0.15, -0.1) is 0 Å². The first-order valence-electron chi connectivity index (χ1n) is 0.873. The van der Waals surface area contributed by atoms with Crippen LogP contribution < -0.4 is 0 Å². The average Bonchev–Trinajstić information content (AvgIpc) is 0.722. The van der Waals surface area contributed by atoms with Gasteiger partial charge >= 0.3 is 24.3 Å². The summed E-state index contributed by atoms with van der Waals surface area (Å²) in [6, 6.07) is 0. The fourth-order valence-corrected chi connectivity index (χ4v) is 0. The topological polar surface area (TPSA) is 0 Å². The van der Waals surface area contributed by atoms with E-state index in [4.69, 9.17) is 0 Å². The summed E-state index contributed by atoms with van der Waals surface area (Å²) in [4.78, 5) is 0. The number of hydrogen-bond acceptors (Lipinski definition) is 0. The molecule has 0 aromatic rings. The van der Waals surface area contributed by atoms with E-state index in [0.29, 0.717) is 0 Å². The van der Waals surface area contributed by atoms with E-state index in [1.165, 1.54) is 0 Å². The van der Waals surface area contributed by atoms with Crippen LogP contribution in [0.2, 0.25) is 0 Å². The molecule has 0 N–H and O–H groups in total. The fraction of sp³-hybridized carbons (Fsp3) is 0. The summed E-state index contributed by atoms with van der Waals surface area (Å²) >= 11 is 0. The SMILES string of the molecule is F[B-](F)(F)F.[SeH3+]. The Bertz CT molecular complexity index is 23.0. The summed E-state index contributed by atoms with van der Waals surface area (Å²) < 4.78 is 39.0. The van der Waals surface area contributed by atoms with Crippen LogP contribution in [0.15, 0.2) is 0 Å². The molecule has 0 aromatic carbocycles. The van der Waals surface area contributed by atoms with Crippen molar-refractivity contribution in [3.8, 4) is 0 Å². The molecule has 6 heavy (non-hydrogen) atoms. The summed E-state index contributed by atoms with van der Waals surface area (Å²) in [6.07, 6.45) is 0. The Balaban J connectivity index is 0. The van der Waals surface area contributed by atoms with Crippen molar-refractivity contribution in [1.82, 2.24) is 0 Å². The molecule has 0 heterocycles. The first-order chi connectivity index (χ1) is 2.00. The van der Waals surface area contributed by atoms with Crippen molar-refractivity contribution in [3.05, 3.63) is 0 Å². The average molecular weight is 169 g/mol. The molecule has 0 rings (SSSR count). The Hall–Kier alpha value is 0.304. The van der Waals surface area contributed by atoms with Gasteiger partial charge in [-0.2, -0.15) is 0 Å². The minimum atomic E-state index is -6.00. The van der Waals surface area contributed by atoms with Gasteiger partial charge in [0, 0.05) is 0 Å². The standard InChI is InChI=1S/BF4.H2Se/c2-1(3,4)5;/h;1H2/q-1;/p+1. The van der Waals surface area contributed by atoms with Gasteiger partial charge in [-0.25, -0.2) is 0 Å². The number of hydrogen-bond donors (Lipinski definition) is 0. The van der Waals surface area contributed by atoms with Gasteiger partial charge in [0.15, 0.2) is 0 Å². The molecule has 0 radical (unpaired) electrons. The van der Waals surface area contributed by atoms with Gasteiger partial charge in [-0.1, -0.05) is 0 Å². The first-order valence-corrected chi connectivity index (χ1v) is 0.873. The van der Waals surface area contributed by atoms with E-state index in [2.05, 4.69) is 0 Å². The Kier molecular flexibility index (Phi) is 3.95. The molecule has 0 atom stereocenters. The first kappa shape index (κ1) is 9.57. The van der Waals surface area contributed by atoms with Crippen LogP contribution in [0.4, 0.5) is 17.3 Å². The summed E-state index contributed by atoms with van der Waals surface area (Å²) in [5.74, 6) is 0. The van der Waals surface area contributed by atoms with Crippen LogP contribution in [0.25, 0.3) is 0 Å². The summed E-state index contributed by atoms with van der Waals surface area (Å²) in [5.41, 5.74) is 0. The molecule has 40 valence electrons. The zero-order valence-electron chi connectivity index (χ0n) is 2.67. The van der Waals surface area contributed by atoms with Crippen LogP contribution in [0.3, 0.4) is 0 Å². The number of rotatable bonds is 0. The van der Waals surface area contributed by atoms with E-state index in [1.807, 2.05) is 0 Å². The Morgan fingerprint density at radius 3 is 0.833 bits per heavy atom. The summed E-state index contributed by atoms with van der Waals surface area (Å²) in [5, 5.41) is 0. The third kappa shape index (κ3) is 507.